The van der Waals surface area contributed by atoms with Gasteiger partial charge < -0.3 is 20.1 Å². The Morgan fingerprint density at radius 1 is 1.28 bits per heavy atom. The fourth-order valence-corrected chi connectivity index (χ4v) is 1.71. The fraction of sp³-hybridized carbons (Fsp3) is 0.417. The summed E-state index contributed by atoms with van der Waals surface area (Å²) in [5.74, 6) is -0.0303. The average Bonchev–Trinajstić information content (AvgIpc) is 2.65. The van der Waals surface area contributed by atoms with Crippen LogP contribution in [0, 0.1) is 0 Å². The second kappa shape index (κ2) is 5.34. The number of aliphatic hydroxyl groups is 3. The molecular weight excluding hydrogens is 236 g/mol. The summed E-state index contributed by atoms with van der Waals surface area (Å²) >= 11 is 0. The molecule has 0 aliphatic carbocycles. The Balaban J connectivity index is 2.05. The van der Waals surface area contributed by atoms with Crippen LogP contribution in [0.5, 0.6) is 0 Å². The van der Waals surface area contributed by atoms with E-state index in [0.29, 0.717) is 0 Å². The van der Waals surface area contributed by atoms with Crippen molar-refractivity contribution >= 4 is 11.6 Å². The molecule has 1 aromatic rings. The van der Waals surface area contributed by atoms with Crippen LogP contribution >= 0.6 is 0 Å². The van der Waals surface area contributed by atoms with E-state index in [1.54, 1.807) is 12.1 Å². The Morgan fingerprint density at radius 2 is 1.94 bits per heavy atom. The van der Waals surface area contributed by atoms with E-state index in [0.717, 1.165) is 5.69 Å². The largest absolute Gasteiger partial charge is 0.469 e. The first-order valence-corrected chi connectivity index (χ1v) is 5.69. The fourth-order valence-electron chi connectivity index (χ4n) is 1.71. The Kier molecular flexibility index (Phi) is 3.81. The molecule has 0 bridgehead atoms. The van der Waals surface area contributed by atoms with Crippen molar-refractivity contribution in [1.29, 1.82) is 0 Å². The highest BCUT2D eigenvalue weighted by molar-refractivity contribution is 5.84. The number of benzene rings is 1. The molecule has 2 rings (SSSR count). The van der Waals surface area contributed by atoms with Gasteiger partial charge >= 0.3 is 0 Å². The zero-order chi connectivity index (χ0) is 13.1. The van der Waals surface area contributed by atoms with Gasteiger partial charge in [0, 0.05) is 0 Å². The van der Waals surface area contributed by atoms with Crippen LogP contribution in [-0.2, 0) is 4.74 Å². The maximum absolute atomic E-state index is 9.70. The van der Waals surface area contributed by atoms with Crippen molar-refractivity contribution in [1.82, 2.24) is 0 Å². The van der Waals surface area contributed by atoms with Gasteiger partial charge in [-0.05, 0) is 19.1 Å². The molecule has 0 radical (unpaired) electrons. The van der Waals surface area contributed by atoms with Gasteiger partial charge in [0.25, 0.3) is 0 Å². The quantitative estimate of drug-likeness (QED) is 0.564. The van der Waals surface area contributed by atoms with Crippen LogP contribution in [0.1, 0.15) is 6.92 Å². The summed E-state index contributed by atoms with van der Waals surface area (Å²) in [5, 5.41) is 32.6. The predicted molar refractivity (Wildman–Crippen MR) is 66.1 cm³/mol. The van der Waals surface area contributed by atoms with E-state index in [9.17, 15) is 15.3 Å². The number of ether oxygens (including phenoxy) is 1. The van der Waals surface area contributed by atoms with Crippen molar-refractivity contribution in [3.05, 3.63) is 30.3 Å². The van der Waals surface area contributed by atoms with Crippen LogP contribution in [0.3, 0.4) is 0 Å². The molecule has 1 saturated heterocycles. The van der Waals surface area contributed by atoms with Gasteiger partial charge in [-0.1, -0.05) is 18.2 Å². The third-order valence-corrected chi connectivity index (χ3v) is 2.71. The van der Waals surface area contributed by atoms with E-state index in [-0.39, 0.29) is 5.90 Å². The maximum atomic E-state index is 9.70. The lowest BCUT2D eigenvalue weighted by Crippen LogP contribution is -2.37. The molecule has 1 fully saturated rings. The lowest BCUT2D eigenvalue weighted by Gasteiger charge is -2.15. The molecule has 1 heterocycles. The van der Waals surface area contributed by atoms with Gasteiger partial charge in [-0.25, -0.2) is 0 Å². The summed E-state index contributed by atoms with van der Waals surface area (Å²) in [4.78, 5) is 0. The van der Waals surface area contributed by atoms with E-state index in [2.05, 4.69) is 10.5 Å². The minimum Gasteiger partial charge on any atom is -0.469 e. The second-order valence-corrected chi connectivity index (χ2v) is 4.19. The minimum atomic E-state index is -1.24. The number of anilines is 1. The number of aliphatic hydroxyl groups excluding tert-OH is 3. The summed E-state index contributed by atoms with van der Waals surface area (Å²) in [6.45, 7) is 1.48. The monoisotopic (exact) mass is 252 g/mol. The molecule has 1 aromatic carbocycles. The average molecular weight is 252 g/mol. The number of hydrogen-bond acceptors (Lipinski definition) is 6. The first-order valence-electron chi connectivity index (χ1n) is 5.69. The zero-order valence-electron chi connectivity index (χ0n) is 9.89. The molecule has 4 N–H and O–H groups in total. The van der Waals surface area contributed by atoms with Gasteiger partial charge in [0.15, 0.2) is 12.2 Å². The van der Waals surface area contributed by atoms with Crippen molar-refractivity contribution in [2.24, 2.45) is 5.10 Å². The van der Waals surface area contributed by atoms with Gasteiger partial charge in [-0.15, -0.1) is 5.10 Å². The number of hydrogen-bond donors (Lipinski definition) is 4. The second-order valence-electron chi connectivity index (χ2n) is 4.19. The molecule has 0 spiro atoms. The number of nitrogens with one attached hydrogen (secondary N) is 1. The molecule has 0 unspecified atom stereocenters. The molecule has 1 aliphatic rings. The van der Waals surface area contributed by atoms with Gasteiger partial charge in [0.05, 0.1) is 11.8 Å². The molecule has 0 amide bonds. The highest BCUT2D eigenvalue weighted by Gasteiger charge is 2.43. The number of rotatable bonds is 3. The van der Waals surface area contributed by atoms with Crippen molar-refractivity contribution in [2.75, 3.05) is 5.43 Å². The predicted octanol–water partition coefficient (Wildman–Crippen LogP) is -0.0866. The highest BCUT2D eigenvalue weighted by atomic mass is 16.6. The topological polar surface area (TPSA) is 94.3 Å². The third-order valence-electron chi connectivity index (χ3n) is 2.71. The Labute approximate surface area is 105 Å². The number of nitrogens with zero attached hydrogens (tertiary/aromatic N) is 1. The zero-order valence-corrected chi connectivity index (χ0v) is 9.89. The Morgan fingerprint density at radius 3 is 2.50 bits per heavy atom. The minimum absolute atomic E-state index is 0.0303. The van der Waals surface area contributed by atoms with Crippen LogP contribution in [0.4, 0.5) is 5.69 Å². The van der Waals surface area contributed by atoms with E-state index >= 15 is 0 Å². The number of hydrazone groups is 1. The van der Waals surface area contributed by atoms with Crippen molar-refractivity contribution in [2.45, 2.75) is 31.3 Å². The van der Waals surface area contributed by atoms with Crippen LogP contribution < -0.4 is 5.43 Å². The maximum Gasteiger partial charge on any atom is 0.238 e. The summed E-state index contributed by atoms with van der Waals surface area (Å²) in [5.41, 5.74) is 3.44. The number of para-hydroxylation sites is 1. The third kappa shape index (κ3) is 2.61. The molecule has 98 valence electrons. The standard InChI is InChI=1S/C12H16N2O4/c1-7(15)11-9(16)10(17)12(18-11)14-13-8-5-3-2-4-6-8/h2-7,9-11,13,15-17H,1H3/b14-12-/t7-,9-,10-,11+/m1/s1. The van der Waals surface area contributed by atoms with E-state index in [1.807, 2.05) is 18.2 Å². The van der Waals surface area contributed by atoms with Gasteiger partial charge in [0.1, 0.15) is 6.10 Å². The SMILES string of the molecule is C[C@@H](O)[C@@H]1O/C(=N\Nc2ccccc2)[C@H](O)[C@H]1O. The van der Waals surface area contributed by atoms with E-state index < -0.39 is 24.4 Å². The normalized spacial score (nSPS) is 31.1. The van der Waals surface area contributed by atoms with Crippen LogP contribution in [0.15, 0.2) is 35.4 Å². The highest BCUT2D eigenvalue weighted by Crippen LogP contribution is 2.20. The molecule has 1 aliphatic heterocycles. The molecule has 6 heteroatoms. The lowest BCUT2D eigenvalue weighted by molar-refractivity contribution is -0.0343. The molecule has 6 nitrogen and oxygen atoms in total. The van der Waals surface area contributed by atoms with Gasteiger partial charge in [-0.3, -0.25) is 5.43 Å². The van der Waals surface area contributed by atoms with Crippen molar-refractivity contribution in [3.63, 3.8) is 0 Å². The van der Waals surface area contributed by atoms with Crippen LogP contribution in [0.25, 0.3) is 0 Å². The first kappa shape index (κ1) is 12.8. The summed E-state index contributed by atoms with van der Waals surface area (Å²) in [6, 6.07) is 9.14. The van der Waals surface area contributed by atoms with E-state index in [1.165, 1.54) is 6.92 Å². The molecule has 18 heavy (non-hydrogen) atoms. The van der Waals surface area contributed by atoms with Crippen LogP contribution in [0.2, 0.25) is 0 Å². The molecular formula is C12H16N2O4. The van der Waals surface area contributed by atoms with Gasteiger partial charge in [-0.2, -0.15) is 0 Å². The molecule has 0 saturated carbocycles. The Bertz CT molecular complexity index is 421. The Hall–Kier alpha value is -1.63. The lowest BCUT2D eigenvalue weighted by atomic mass is 10.1. The van der Waals surface area contributed by atoms with Gasteiger partial charge in [0.2, 0.25) is 5.90 Å². The summed E-state index contributed by atoms with van der Waals surface area (Å²) < 4.78 is 5.21. The van der Waals surface area contributed by atoms with Crippen molar-refractivity contribution < 1.29 is 20.1 Å². The molecule has 0 aromatic heterocycles. The van der Waals surface area contributed by atoms with E-state index in [4.69, 9.17) is 4.74 Å². The van der Waals surface area contributed by atoms with Crippen molar-refractivity contribution in [3.8, 4) is 0 Å². The first-order chi connectivity index (χ1) is 8.59. The summed E-state index contributed by atoms with van der Waals surface area (Å²) in [6.07, 6.45) is -4.17. The summed E-state index contributed by atoms with van der Waals surface area (Å²) in [7, 11) is 0. The van der Waals surface area contributed by atoms with Crippen LogP contribution in [-0.4, -0.2) is 45.6 Å². The molecule has 4 atom stereocenters. The smallest absolute Gasteiger partial charge is 0.238 e.